The van der Waals surface area contributed by atoms with Crippen molar-refractivity contribution in [3.05, 3.63) is 114 Å². The number of rotatable bonds is 5. The van der Waals surface area contributed by atoms with E-state index in [0.717, 1.165) is 21.9 Å². The number of esters is 1. The number of benzene rings is 4. The minimum atomic E-state index is -0.901. The molecule has 0 amide bonds. The zero-order valence-corrected chi connectivity index (χ0v) is 17.3. The van der Waals surface area contributed by atoms with E-state index in [4.69, 9.17) is 4.74 Å². The first-order valence-electron chi connectivity index (χ1n) is 10.7. The maximum Gasteiger partial charge on any atom is 0.315 e. The largest absolute Gasteiger partial charge is 0.481 e. The summed E-state index contributed by atoms with van der Waals surface area (Å²) in [5.41, 5.74) is 1.68. The fraction of sp³-hybridized carbons (Fsp3) is 0.143. The van der Waals surface area contributed by atoms with Gasteiger partial charge in [-0.3, -0.25) is 9.59 Å². The van der Waals surface area contributed by atoms with Crippen LogP contribution in [0.2, 0.25) is 0 Å². The SMILES string of the molecule is O=C(O)[C@H]1[C@@H](c2ccccc2)[C@@H](C(=O)Oc2cccc3ccccc23)[C@@H]1c1ccccc1. The summed E-state index contributed by atoms with van der Waals surface area (Å²) in [6.45, 7) is 0. The topological polar surface area (TPSA) is 63.6 Å². The molecule has 0 unspecified atom stereocenters. The van der Waals surface area contributed by atoms with Crippen LogP contribution in [0.3, 0.4) is 0 Å². The van der Waals surface area contributed by atoms with Crippen molar-refractivity contribution in [2.45, 2.75) is 11.8 Å². The van der Waals surface area contributed by atoms with Crippen molar-refractivity contribution >= 4 is 22.7 Å². The van der Waals surface area contributed by atoms with Gasteiger partial charge in [-0.1, -0.05) is 97.1 Å². The highest BCUT2D eigenvalue weighted by atomic mass is 16.5. The van der Waals surface area contributed by atoms with Crippen LogP contribution < -0.4 is 4.74 Å². The second-order valence-corrected chi connectivity index (χ2v) is 8.16. The van der Waals surface area contributed by atoms with E-state index in [9.17, 15) is 14.7 Å². The van der Waals surface area contributed by atoms with Crippen molar-refractivity contribution in [2.75, 3.05) is 0 Å². The molecule has 0 saturated heterocycles. The van der Waals surface area contributed by atoms with Gasteiger partial charge >= 0.3 is 11.9 Å². The molecule has 0 aliphatic heterocycles. The molecule has 4 aromatic carbocycles. The van der Waals surface area contributed by atoms with Crippen LogP contribution in [0.25, 0.3) is 10.8 Å². The summed E-state index contributed by atoms with van der Waals surface area (Å²) in [5.74, 6) is -3.03. The molecule has 1 fully saturated rings. The lowest BCUT2D eigenvalue weighted by molar-refractivity contribution is -0.158. The Morgan fingerprint density at radius 2 is 1.16 bits per heavy atom. The van der Waals surface area contributed by atoms with Gasteiger partial charge in [-0.2, -0.15) is 0 Å². The second kappa shape index (κ2) is 8.31. The second-order valence-electron chi connectivity index (χ2n) is 8.16. The van der Waals surface area contributed by atoms with Crippen LogP contribution in [0.4, 0.5) is 0 Å². The van der Waals surface area contributed by atoms with E-state index in [-0.39, 0.29) is 0 Å². The van der Waals surface area contributed by atoms with Crippen molar-refractivity contribution in [3.8, 4) is 5.75 Å². The molecule has 4 aromatic rings. The van der Waals surface area contributed by atoms with Gasteiger partial charge in [0, 0.05) is 17.2 Å². The van der Waals surface area contributed by atoms with Crippen LogP contribution in [-0.4, -0.2) is 17.0 Å². The predicted molar refractivity (Wildman–Crippen MR) is 123 cm³/mol. The lowest BCUT2D eigenvalue weighted by Crippen LogP contribution is -2.52. The molecule has 32 heavy (non-hydrogen) atoms. The highest BCUT2D eigenvalue weighted by Crippen LogP contribution is 2.58. The van der Waals surface area contributed by atoms with Crippen LogP contribution in [-0.2, 0) is 9.59 Å². The summed E-state index contributed by atoms with van der Waals surface area (Å²) in [6, 6.07) is 32.2. The van der Waals surface area contributed by atoms with E-state index >= 15 is 0 Å². The third kappa shape index (κ3) is 3.44. The van der Waals surface area contributed by atoms with Gasteiger partial charge < -0.3 is 9.84 Å². The molecule has 4 nitrogen and oxygen atoms in total. The van der Waals surface area contributed by atoms with Crippen molar-refractivity contribution in [2.24, 2.45) is 11.8 Å². The van der Waals surface area contributed by atoms with Crippen LogP contribution in [0.1, 0.15) is 23.0 Å². The van der Waals surface area contributed by atoms with Gasteiger partial charge in [0.2, 0.25) is 0 Å². The molecule has 0 radical (unpaired) electrons. The van der Waals surface area contributed by atoms with Crippen molar-refractivity contribution in [3.63, 3.8) is 0 Å². The molecule has 0 heterocycles. The van der Waals surface area contributed by atoms with Gasteiger partial charge in [-0.25, -0.2) is 0 Å². The van der Waals surface area contributed by atoms with Gasteiger partial charge in [-0.05, 0) is 22.6 Å². The molecule has 4 heteroatoms. The fourth-order valence-electron chi connectivity index (χ4n) is 4.99. The van der Waals surface area contributed by atoms with Crippen molar-refractivity contribution < 1.29 is 19.4 Å². The lowest BCUT2D eigenvalue weighted by atomic mass is 9.52. The van der Waals surface area contributed by atoms with Gasteiger partial charge in [0.05, 0.1) is 11.8 Å². The van der Waals surface area contributed by atoms with Gasteiger partial charge in [0.25, 0.3) is 0 Å². The maximum atomic E-state index is 13.6. The number of hydrogen-bond acceptors (Lipinski definition) is 3. The number of ether oxygens (including phenoxy) is 1. The average molecular weight is 422 g/mol. The van der Waals surface area contributed by atoms with Gasteiger partial charge in [0.1, 0.15) is 5.75 Å². The van der Waals surface area contributed by atoms with E-state index in [1.165, 1.54) is 0 Å². The minimum absolute atomic E-state index is 0.401. The van der Waals surface area contributed by atoms with E-state index in [2.05, 4.69) is 0 Å². The highest BCUT2D eigenvalue weighted by molar-refractivity contribution is 5.92. The molecule has 0 spiro atoms. The quantitative estimate of drug-likeness (QED) is 0.334. The Bertz CT molecular complexity index is 1210. The maximum absolute atomic E-state index is 13.6. The smallest absolute Gasteiger partial charge is 0.315 e. The lowest BCUT2D eigenvalue weighted by Gasteiger charge is -2.49. The molecule has 1 aliphatic carbocycles. The normalized spacial score (nSPS) is 22.1. The summed E-state index contributed by atoms with van der Waals surface area (Å²) in [4.78, 5) is 25.9. The molecule has 1 saturated carbocycles. The number of hydrogen-bond donors (Lipinski definition) is 1. The molecule has 0 aromatic heterocycles. The number of aliphatic carboxylic acids is 1. The standard InChI is InChI=1S/C28H22O4/c29-27(30)25-23(19-11-3-1-4-12-19)26(24(25)20-13-5-2-6-14-20)28(31)32-22-17-9-15-18-10-7-8-16-21(18)22/h1-17,23-26H,(H,29,30)/t23-,24-,25-,26+/m1/s1. The van der Waals surface area contributed by atoms with Gasteiger partial charge in [0.15, 0.2) is 0 Å². The summed E-state index contributed by atoms with van der Waals surface area (Å²) < 4.78 is 5.93. The van der Waals surface area contributed by atoms with Crippen molar-refractivity contribution in [1.82, 2.24) is 0 Å². The van der Waals surface area contributed by atoms with E-state index in [0.29, 0.717) is 5.75 Å². The first-order valence-corrected chi connectivity index (χ1v) is 10.7. The average Bonchev–Trinajstić information content (AvgIpc) is 2.80. The first kappa shape index (κ1) is 20.0. The van der Waals surface area contributed by atoms with E-state index in [1.807, 2.05) is 97.1 Å². The molecular formula is C28H22O4. The number of carbonyl (C=O) groups excluding carboxylic acids is 1. The fourth-order valence-corrected chi connectivity index (χ4v) is 4.99. The van der Waals surface area contributed by atoms with Crippen LogP contribution >= 0.6 is 0 Å². The molecule has 1 aliphatic rings. The zero-order valence-electron chi connectivity index (χ0n) is 17.3. The number of carboxylic acid groups (broad SMARTS) is 1. The summed E-state index contributed by atoms with van der Waals surface area (Å²) >= 11 is 0. The Balaban J connectivity index is 1.55. The third-order valence-corrected chi connectivity index (χ3v) is 6.43. The summed E-state index contributed by atoms with van der Waals surface area (Å²) in [5, 5.41) is 11.9. The Morgan fingerprint density at radius 1 is 0.625 bits per heavy atom. The highest BCUT2D eigenvalue weighted by Gasteiger charge is 2.59. The van der Waals surface area contributed by atoms with Gasteiger partial charge in [-0.15, -0.1) is 0 Å². The van der Waals surface area contributed by atoms with Crippen LogP contribution in [0.15, 0.2) is 103 Å². The predicted octanol–water partition coefficient (Wildman–Crippen LogP) is 5.64. The Morgan fingerprint density at radius 3 is 1.75 bits per heavy atom. The Kier molecular flexibility index (Phi) is 5.20. The third-order valence-electron chi connectivity index (χ3n) is 6.43. The Labute approximate surface area is 186 Å². The molecule has 158 valence electrons. The molecule has 0 bridgehead atoms. The number of carboxylic acids is 1. The monoisotopic (exact) mass is 422 g/mol. The summed E-state index contributed by atoms with van der Waals surface area (Å²) in [6.07, 6.45) is 0. The molecular weight excluding hydrogens is 400 g/mol. The first-order chi connectivity index (χ1) is 15.6. The van der Waals surface area contributed by atoms with E-state index < -0.39 is 35.6 Å². The zero-order chi connectivity index (χ0) is 22.1. The molecule has 1 N–H and O–H groups in total. The summed E-state index contributed by atoms with van der Waals surface area (Å²) in [7, 11) is 0. The van der Waals surface area contributed by atoms with E-state index in [1.54, 1.807) is 6.07 Å². The Hall–Kier alpha value is -3.92. The van der Waals surface area contributed by atoms with Crippen LogP contribution in [0.5, 0.6) is 5.75 Å². The van der Waals surface area contributed by atoms with Crippen molar-refractivity contribution in [1.29, 1.82) is 0 Å². The number of fused-ring (bicyclic) bond motifs is 1. The minimum Gasteiger partial charge on any atom is -0.481 e. The molecule has 2 atom stereocenters. The number of carbonyl (C=O) groups is 2. The molecule has 5 rings (SSSR count). The van der Waals surface area contributed by atoms with Crippen LogP contribution in [0, 0.1) is 11.8 Å².